The van der Waals surface area contributed by atoms with Gasteiger partial charge in [-0.05, 0) is 51.1 Å². The Kier molecular flexibility index (Phi) is 4.89. The van der Waals surface area contributed by atoms with Crippen LogP contribution in [0.3, 0.4) is 0 Å². The number of halogens is 1. The number of nitrogens with zero attached hydrogens (tertiary/aromatic N) is 2. The fraction of sp³-hybridized carbons (Fsp3) is 0.533. The van der Waals surface area contributed by atoms with E-state index >= 15 is 0 Å². The molecule has 1 aromatic rings. The van der Waals surface area contributed by atoms with Gasteiger partial charge in [0.05, 0.1) is 10.6 Å². The van der Waals surface area contributed by atoms with E-state index in [1.807, 2.05) is 6.07 Å². The highest BCUT2D eigenvalue weighted by Crippen LogP contribution is 2.27. The number of hydrogen-bond donors (Lipinski definition) is 1. The number of piperidine rings is 1. The molecule has 1 heterocycles. The van der Waals surface area contributed by atoms with E-state index in [0.717, 1.165) is 44.1 Å². The summed E-state index contributed by atoms with van der Waals surface area (Å²) >= 11 is 6.03. The number of carboxylic acids is 1. The van der Waals surface area contributed by atoms with E-state index in [1.54, 1.807) is 12.1 Å². The van der Waals surface area contributed by atoms with Gasteiger partial charge in [-0.25, -0.2) is 4.79 Å². The Morgan fingerprint density at radius 3 is 2.55 bits per heavy atom. The van der Waals surface area contributed by atoms with Crippen molar-refractivity contribution < 1.29 is 9.90 Å². The Morgan fingerprint density at radius 2 is 2.05 bits per heavy atom. The van der Waals surface area contributed by atoms with Crippen molar-refractivity contribution in [2.75, 3.05) is 38.6 Å². The maximum atomic E-state index is 11.0. The van der Waals surface area contributed by atoms with Crippen LogP contribution in [0, 0.1) is 5.92 Å². The molecule has 0 atom stereocenters. The van der Waals surface area contributed by atoms with E-state index in [-0.39, 0.29) is 5.56 Å². The summed E-state index contributed by atoms with van der Waals surface area (Å²) in [4.78, 5) is 15.5. The van der Waals surface area contributed by atoms with Crippen LogP contribution < -0.4 is 4.90 Å². The Labute approximate surface area is 124 Å². The minimum atomic E-state index is -0.980. The van der Waals surface area contributed by atoms with Gasteiger partial charge in [0, 0.05) is 25.3 Å². The topological polar surface area (TPSA) is 43.8 Å². The highest BCUT2D eigenvalue weighted by atomic mass is 35.5. The van der Waals surface area contributed by atoms with Gasteiger partial charge in [0.15, 0.2) is 0 Å². The van der Waals surface area contributed by atoms with Crippen molar-refractivity contribution in [2.45, 2.75) is 12.8 Å². The van der Waals surface area contributed by atoms with E-state index < -0.39 is 5.97 Å². The van der Waals surface area contributed by atoms with Crippen LogP contribution in [-0.2, 0) is 0 Å². The van der Waals surface area contributed by atoms with Crippen LogP contribution in [0.25, 0.3) is 0 Å². The standard InChI is InChI=1S/C15H21ClN2O2/c1-17(2)10-11-5-7-18(8-6-11)12-3-4-13(15(19)20)14(16)9-12/h3-4,9,11H,5-8,10H2,1-2H3,(H,19,20). The van der Waals surface area contributed by atoms with Crippen molar-refractivity contribution in [1.82, 2.24) is 4.90 Å². The van der Waals surface area contributed by atoms with Crippen LogP contribution in [0.5, 0.6) is 0 Å². The molecule has 0 saturated carbocycles. The number of benzene rings is 1. The highest BCUT2D eigenvalue weighted by molar-refractivity contribution is 6.33. The summed E-state index contributed by atoms with van der Waals surface area (Å²) in [6, 6.07) is 5.20. The average Bonchev–Trinajstić information content (AvgIpc) is 2.38. The van der Waals surface area contributed by atoms with Gasteiger partial charge in [-0.15, -0.1) is 0 Å². The van der Waals surface area contributed by atoms with E-state index in [1.165, 1.54) is 0 Å². The van der Waals surface area contributed by atoms with E-state index in [2.05, 4.69) is 23.9 Å². The average molecular weight is 297 g/mol. The first kappa shape index (κ1) is 15.1. The molecule has 0 unspecified atom stereocenters. The smallest absolute Gasteiger partial charge is 0.337 e. The molecule has 0 aromatic heterocycles. The zero-order valence-corrected chi connectivity index (χ0v) is 12.7. The van der Waals surface area contributed by atoms with Gasteiger partial charge < -0.3 is 14.9 Å². The lowest BCUT2D eigenvalue weighted by Crippen LogP contribution is -2.37. The quantitative estimate of drug-likeness (QED) is 0.928. The first-order valence-electron chi connectivity index (χ1n) is 6.90. The first-order chi connectivity index (χ1) is 9.47. The van der Waals surface area contributed by atoms with Crippen LogP contribution in [0.1, 0.15) is 23.2 Å². The molecular formula is C15H21ClN2O2. The number of rotatable bonds is 4. The normalized spacial score (nSPS) is 16.7. The van der Waals surface area contributed by atoms with Gasteiger partial charge in [-0.2, -0.15) is 0 Å². The predicted octanol–water partition coefficient (Wildman–Crippen LogP) is 2.82. The molecule has 1 aliphatic rings. The van der Waals surface area contributed by atoms with Crippen LogP contribution >= 0.6 is 11.6 Å². The summed E-state index contributed by atoms with van der Waals surface area (Å²) < 4.78 is 0. The maximum absolute atomic E-state index is 11.0. The largest absolute Gasteiger partial charge is 0.478 e. The Balaban J connectivity index is 2.00. The van der Waals surface area contributed by atoms with Crippen molar-refractivity contribution in [3.63, 3.8) is 0 Å². The SMILES string of the molecule is CN(C)CC1CCN(c2ccc(C(=O)O)c(Cl)c2)CC1. The van der Waals surface area contributed by atoms with Gasteiger partial charge in [-0.1, -0.05) is 11.6 Å². The summed E-state index contributed by atoms with van der Waals surface area (Å²) in [6.45, 7) is 3.13. The van der Waals surface area contributed by atoms with Gasteiger partial charge in [0.1, 0.15) is 0 Å². The third kappa shape index (κ3) is 3.64. The molecule has 1 fully saturated rings. The lowest BCUT2D eigenvalue weighted by atomic mass is 9.96. The van der Waals surface area contributed by atoms with Crippen molar-refractivity contribution in [1.29, 1.82) is 0 Å². The van der Waals surface area contributed by atoms with Gasteiger partial charge >= 0.3 is 5.97 Å². The minimum absolute atomic E-state index is 0.165. The maximum Gasteiger partial charge on any atom is 0.337 e. The molecule has 0 amide bonds. The van der Waals surface area contributed by atoms with Crippen LogP contribution in [0.15, 0.2) is 18.2 Å². The lowest BCUT2D eigenvalue weighted by Gasteiger charge is -2.34. The number of aromatic carboxylic acids is 1. The molecule has 20 heavy (non-hydrogen) atoms. The Bertz CT molecular complexity index is 483. The first-order valence-corrected chi connectivity index (χ1v) is 7.27. The number of carboxylic acid groups (broad SMARTS) is 1. The Morgan fingerprint density at radius 1 is 1.40 bits per heavy atom. The molecular weight excluding hydrogens is 276 g/mol. The van der Waals surface area contributed by atoms with E-state index in [9.17, 15) is 4.79 Å². The fourth-order valence-electron chi connectivity index (χ4n) is 2.76. The molecule has 1 aliphatic heterocycles. The molecule has 2 rings (SSSR count). The van der Waals surface area contributed by atoms with Crippen molar-refractivity contribution in [3.8, 4) is 0 Å². The van der Waals surface area contributed by atoms with Gasteiger partial charge in [0.2, 0.25) is 0 Å². The van der Waals surface area contributed by atoms with Gasteiger partial charge in [-0.3, -0.25) is 0 Å². The second kappa shape index (κ2) is 6.46. The predicted molar refractivity (Wildman–Crippen MR) is 81.9 cm³/mol. The molecule has 4 nitrogen and oxygen atoms in total. The summed E-state index contributed by atoms with van der Waals surface area (Å²) in [5.41, 5.74) is 1.18. The summed E-state index contributed by atoms with van der Waals surface area (Å²) in [7, 11) is 4.22. The molecule has 0 radical (unpaired) electrons. The number of carbonyl (C=O) groups is 1. The molecule has 0 bridgehead atoms. The lowest BCUT2D eigenvalue weighted by molar-refractivity contribution is 0.0697. The molecule has 0 aliphatic carbocycles. The molecule has 5 heteroatoms. The van der Waals surface area contributed by atoms with E-state index in [0.29, 0.717) is 5.02 Å². The second-order valence-corrected chi connectivity index (χ2v) is 6.07. The Hall–Kier alpha value is -1.26. The highest BCUT2D eigenvalue weighted by Gasteiger charge is 2.20. The number of hydrogen-bond acceptors (Lipinski definition) is 3. The van der Waals surface area contributed by atoms with Gasteiger partial charge in [0.25, 0.3) is 0 Å². The minimum Gasteiger partial charge on any atom is -0.478 e. The van der Waals surface area contributed by atoms with Crippen LogP contribution in [-0.4, -0.2) is 49.7 Å². The van der Waals surface area contributed by atoms with Crippen molar-refractivity contribution >= 4 is 23.3 Å². The zero-order chi connectivity index (χ0) is 14.7. The van der Waals surface area contributed by atoms with Crippen LogP contribution in [0.2, 0.25) is 5.02 Å². The molecule has 110 valence electrons. The molecule has 1 saturated heterocycles. The van der Waals surface area contributed by atoms with Crippen molar-refractivity contribution in [2.24, 2.45) is 5.92 Å². The monoisotopic (exact) mass is 296 g/mol. The van der Waals surface area contributed by atoms with Crippen LogP contribution in [0.4, 0.5) is 5.69 Å². The molecule has 1 N–H and O–H groups in total. The van der Waals surface area contributed by atoms with E-state index in [4.69, 9.17) is 16.7 Å². The molecule has 1 aromatic carbocycles. The summed E-state index contributed by atoms with van der Waals surface area (Å²) in [5, 5.41) is 9.29. The summed E-state index contributed by atoms with van der Waals surface area (Å²) in [5.74, 6) is -0.235. The zero-order valence-electron chi connectivity index (χ0n) is 12.0. The number of anilines is 1. The summed E-state index contributed by atoms with van der Waals surface area (Å²) in [6.07, 6.45) is 2.33. The molecule has 0 spiro atoms. The third-order valence-corrected chi connectivity index (χ3v) is 4.10. The second-order valence-electron chi connectivity index (χ2n) is 5.66. The third-order valence-electron chi connectivity index (χ3n) is 3.79. The van der Waals surface area contributed by atoms with Crippen molar-refractivity contribution in [3.05, 3.63) is 28.8 Å². The fourth-order valence-corrected chi connectivity index (χ4v) is 3.02.